The summed E-state index contributed by atoms with van der Waals surface area (Å²) >= 11 is 3.05. The van der Waals surface area contributed by atoms with E-state index in [0.717, 1.165) is 11.3 Å². The molecule has 2 heterocycles. The van der Waals surface area contributed by atoms with Crippen molar-refractivity contribution in [2.45, 2.75) is 25.2 Å². The first-order valence-electron chi connectivity index (χ1n) is 5.27. The molecule has 0 bridgehead atoms. The fraction of sp³-hybridized carbons (Fsp3) is 0.455. The Balaban J connectivity index is 2.71. The molecule has 0 radical (unpaired) electrons. The first-order valence-corrected chi connectivity index (χ1v) is 7.31. The van der Waals surface area contributed by atoms with E-state index in [9.17, 15) is 4.79 Å². The van der Waals surface area contributed by atoms with Crippen molar-refractivity contribution in [2.24, 2.45) is 0 Å². The molecular formula is C11H14N2O2S2. The molecule has 2 rings (SSSR count). The van der Waals surface area contributed by atoms with Gasteiger partial charge in [0.1, 0.15) is 11.6 Å². The van der Waals surface area contributed by atoms with Crippen molar-refractivity contribution in [1.29, 1.82) is 0 Å². The van der Waals surface area contributed by atoms with Crippen LogP contribution in [0.5, 0.6) is 0 Å². The molecule has 0 atom stereocenters. The summed E-state index contributed by atoms with van der Waals surface area (Å²) in [5.41, 5.74) is -0.0165. The minimum atomic E-state index is -0.0165. The second kappa shape index (κ2) is 5.20. The Kier molecular flexibility index (Phi) is 3.86. The molecule has 0 unspecified atom stereocenters. The highest BCUT2D eigenvalue weighted by atomic mass is 32.2. The maximum Gasteiger partial charge on any atom is 0.264 e. The van der Waals surface area contributed by atoms with E-state index < -0.39 is 0 Å². The van der Waals surface area contributed by atoms with Crippen LogP contribution >= 0.6 is 23.1 Å². The molecule has 0 aliphatic rings. The molecule has 0 saturated carbocycles. The van der Waals surface area contributed by atoms with E-state index in [0.29, 0.717) is 10.5 Å². The molecule has 92 valence electrons. The van der Waals surface area contributed by atoms with Gasteiger partial charge in [-0.15, -0.1) is 11.3 Å². The van der Waals surface area contributed by atoms with Crippen molar-refractivity contribution in [3.05, 3.63) is 21.3 Å². The molecule has 0 aromatic carbocycles. The van der Waals surface area contributed by atoms with Gasteiger partial charge >= 0.3 is 0 Å². The molecule has 0 spiro atoms. The van der Waals surface area contributed by atoms with Crippen molar-refractivity contribution in [3.8, 4) is 0 Å². The van der Waals surface area contributed by atoms with Crippen molar-refractivity contribution < 1.29 is 4.74 Å². The SMILES string of the molecule is CCc1cc2c(=O)n(COC)c(SC)nc2s1. The van der Waals surface area contributed by atoms with Crippen molar-refractivity contribution >= 4 is 33.3 Å². The number of aryl methyl sites for hydroxylation is 1. The molecule has 0 N–H and O–H groups in total. The predicted octanol–water partition coefficient (Wildman–Crippen LogP) is 2.35. The van der Waals surface area contributed by atoms with Gasteiger partial charge in [0.05, 0.1) is 5.39 Å². The van der Waals surface area contributed by atoms with Gasteiger partial charge in [0.25, 0.3) is 5.56 Å². The zero-order valence-electron chi connectivity index (χ0n) is 10.0. The van der Waals surface area contributed by atoms with Crippen LogP contribution in [0.3, 0.4) is 0 Å². The molecule has 0 aliphatic carbocycles. The number of rotatable bonds is 4. The number of ether oxygens (including phenoxy) is 1. The molecule has 0 fully saturated rings. The average molecular weight is 270 g/mol. The van der Waals surface area contributed by atoms with E-state index in [-0.39, 0.29) is 12.3 Å². The van der Waals surface area contributed by atoms with Crippen molar-refractivity contribution in [3.63, 3.8) is 0 Å². The Morgan fingerprint density at radius 3 is 2.94 bits per heavy atom. The summed E-state index contributed by atoms with van der Waals surface area (Å²) < 4.78 is 6.61. The predicted molar refractivity (Wildman–Crippen MR) is 72.0 cm³/mol. The second-order valence-corrected chi connectivity index (χ2v) is 5.42. The summed E-state index contributed by atoms with van der Waals surface area (Å²) in [7, 11) is 1.58. The summed E-state index contributed by atoms with van der Waals surface area (Å²) in [6.45, 7) is 2.32. The molecule has 0 saturated heterocycles. The molecule has 4 nitrogen and oxygen atoms in total. The molecule has 0 aliphatic heterocycles. The van der Waals surface area contributed by atoms with Gasteiger partial charge in [0.2, 0.25) is 0 Å². The zero-order valence-corrected chi connectivity index (χ0v) is 11.7. The van der Waals surface area contributed by atoms with E-state index >= 15 is 0 Å². The number of nitrogens with zero attached hydrogens (tertiary/aromatic N) is 2. The van der Waals surface area contributed by atoms with Gasteiger partial charge in [-0.1, -0.05) is 18.7 Å². The van der Waals surface area contributed by atoms with Gasteiger partial charge in [-0.05, 0) is 18.7 Å². The van der Waals surface area contributed by atoms with Crippen LogP contribution in [0, 0.1) is 0 Å². The van der Waals surface area contributed by atoms with Crippen LogP contribution in [-0.2, 0) is 17.9 Å². The summed E-state index contributed by atoms with van der Waals surface area (Å²) in [6.07, 6.45) is 2.84. The lowest BCUT2D eigenvalue weighted by atomic mass is 10.3. The number of thiophene rings is 1. The summed E-state index contributed by atoms with van der Waals surface area (Å²) in [6, 6.07) is 1.94. The third-order valence-corrected chi connectivity index (χ3v) is 4.31. The zero-order chi connectivity index (χ0) is 12.4. The summed E-state index contributed by atoms with van der Waals surface area (Å²) in [5, 5.41) is 1.40. The Hall–Kier alpha value is -0.850. The lowest BCUT2D eigenvalue weighted by Crippen LogP contribution is -2.23. The highest BCUT2D eigenvalue weighted by Crippen LogP contribution is 2.24. The largest absolute Gasteiger partial charge is 0.364 e. The van der Waals surface area contributed by atoms with Gasteiger partial charge in [-0.2, -0.15) is 0 Å². The van der Waals surface area contributed by atoms with Crippen LogP contribution in [0.15, 0.2) is 16.0 Å². The molecule has 2 aromatic heterocycles. The summed E-state index contributed by atoms with van der Waals surface area (Å²) in [4.78, 5) is 18.8. The van der Waals surface area contributed by atoms with Gasteiger partial charge in [-0.3, -0.25) is 9.36 Å². The average Bonchev–Trinajstić information content (AvgIpc) is 2.76. The number of fused-ring (bicyclic) bond motifs is 1. The third kappa shape index (κ3) is 2.25. The van der Waals surface area contributed by atoms with Crippen LogP contribution in [0.1, 0.15) is 11.8 Å². The van der Waals surface area contributed by atoms with Gasteiger partial charge < -0.3 is 4.74 Å². The van der Waals surface area contributed by atoms with Gasteiger partial charge in [0.15, 0.2) is 5.16 Å². The normalized spacial score (nSPS) is 11.2. The molecular weight excluding hydrogens is 256 g/mol. The van der Waals surface area contributed by atoms with E-state index in [1.807, 2.05) is 12.3 Å². The second-order valence-electron chi connectivity index (χ2n) is 3.53. The number of thioether (sulfide) groups is 1. The number of hydrogen-bond acceptors (Lipinski definition) is 5. The van der Waals surface area contributed by atoms with Gasteiger partial charge in [0, 0.05) is 12.0 Å². The minimum Gasteiger partial charge on any atom is -0.364 e. The van der Waals surface area contributed by atoms with Crippen LogP contribution < -0.4 is 5.56 Å². The lowest BCUT2D eigenvalue weighted by molar-refractivity contribution is 0.120. The molecule has 0 amide bonds. The van der Waals surface area contributed by atoms with Crippen LogP contribution in [0.2, 0.25) is 0 Å². The molecule has 17 heavy (non-hydrogen) atoms. The standard InChI is InChI=1S/C11H14N2O2S2/c1-4-7-5-8-9(17-7)12-11(16-3)13(6-15-2)10(8)14/h5H,4,6H2,1-3H3. The minimum absolute atomic E-state index is 0.0165. The van der Waals surface area contributed by atoms with E-state index in [2.05, 4.69) is 11.9 Å². The van der Waals surface area contributed by atoms with Crippen LogP contribution in [0.4, 0.5) is 0 Å². The highest BCUT2D eigenvalue weighted by molar-refractivity contribution is 7.98. The van der Waals surface area contributed by atoms with Crippen LogP contribution in [0.25, 0.3) is 10.2 Å². The third-order valence-electron chi connectivity index (χ3n) is 2.46. The number of methoxy groups -OCH3 is 1. The quantitative estimate of drug-likeness (QED) is 0.632. The first-order chi connectivity index (χ1) is 8.21. The number of aromatic nitrogens is 2. The maximum atomic E-state index is 12.3. The monoisotopic (exact) mass is 270 g/mol. The fourth-order valence-electron chi connectivity index (χ4n) is 1.62. The Morgan fingerprint density at radius 1 is 1.59 bits per heavy atom. The highest BCUT2D eigenvalue weighted by Gasteiger charge is 2.12. The van der Waals surface area contributed by atoms with Crippen molar-refractivity contribution in [2.75, 3.05) is 13.4 Å². The topological polar surface area (TPSA) is 44.1 Å². The Labute approximate surface area is 108 Å². The number of hydrogen-bond donors (Lipinski definition) is 0. The summed E-state index contributed by atoms with van der Waals surface area (Å²) in [5.74, 6) is 0. The van der Waals surface area contributed by atoms with Gasteiger partial charge in [-0.25, -0.2) is 4.98 Å². The van der Waals surface area contributed by atoms with E-state index in [1.165, 1.54) is 16.6 Å². The Bertz CT molecular complexity index is 589. The molecule has 2 aromatic rings. The van der Waals surface area contributed by atoms with E-state index in [1.54, 1.807) is 23.0 Å². The lowest BCUT2D eigenvalue weighted by Gasteiger charge is -2.08. The van der Waals surface area contributed by atoms with E-state index in [4.69, 9.17) is 4.74 Å². The molecule has 6 heteroatoms. The van der Waals surface area contributed by atoms with Crippen LogP contribution in [-0.4, -0.2) is 22.9 Å². The first kappa shape index (κ1) is 12.6. The smallest absolute Gasteiger partial charge is 0.264 e. The Morgan fingerprint density at radius 2 is 2.35 bits per heavy atom. The van der Waals surface area contributed by atoms with Crippen molar-refractivity contribution in [1.82, 2.24) is 9.55 Å². The maximum absolute atomic E-state index is 12.3. The fourth-order valence-corrected chi connectivity index (χ4v) is 3.17.